The van der Waals surface area contributed by atoms with Gasteiger partial charge in [0.1, 0.15) is 5.82 Å². The van der Waals surface area contributed by atoms with Gasteiger partial charge >= 0.3 is 0 Å². The van der Waals surface area contributed by atoms with Gasteiger partial charge in [0.05, 0.1) is 0 Å². The van der Waals surface area contributed by atoms with Gasteiger partial charge in [-0.3, -0.25) is 4.79 Å². The molecule has 0 aliphatic rings. The van der Waals surface area contributed by atoms with Gasteiger partial charge in [0, 0.05) is 24.5 Å². The normalized spacial score (nSPS) is 10.3. The molecule has 98 valence electrons. The number of rotatable bonds is 3. The Balaban J connectivity index is 2.46. The lowest BCUT2D eigenvalue weighted by atomic mass is 10.1. The molecule has 0 unspecified atom stereocenters. The summed E-state index contributed by atoms with van der Waals surface area (Å²) in [6.45, 7) is 3.54. The molecule has 2 aromatic rings. The highest BCUT2D eigenvalue weighted by atomic mass is 35.5. The Hall–Kier alpha value is -1.94. The molecule has 2 rings (SSSR count). The van der Waals surface area contributed by atoms with E-state index in [2.05, 4.69) is 9.97 Å². The van der Waals surface area contributed by atoms with E-state index in [1.54, 1.807) is 19.2 Å². The maximum atomic E-state index is 11.5. The summed E-state index contributed by atoms with van der Waals surface area (Å²) in [6, 6.07) is 7.37. The number of aryl methyl sites for hydroxylation is 1. The standard InChI is InChI=1S/C14H14ClN3O/c1-9-4-5-11(10(2)19)8-12(9)18(3)13-6-7-16-14(15)17-13/h4-8H,1-3H3. The summed E-state index contributed by atoms with van der Waals surface area (Å²) in [4.78, 5) is 21.4. The molecular weight excluding hydrogens is 262 g/mol. The van der Waals surface area contributed by atoms with E-state index in [9.17, 15) is 4.79 Å². The third-order valence-corrected chi connectivity index (χ3v) is 3.11. The van der Waals surface area contributed by atoms with E-state index in [-0.39, 0.29) is 11.1 Å². The van der Waals surface area contributed by atoms with E-state index >= 15 is 0 Å². The molecule has 0 bridgehead atoms. The van der Waals surface area contributed by atoms with Crippen LogP contribution in [0.4, 0.5) is 11.5 Å². The number of hydrogen-bond acceptors (Lipinski definition) is 4. The molecule has 0 spiro atoms. The molecule has 1 aromatic carbocycles. The second kappa shape index (κ2) is 5.36. The molecular formula is C14H14ClN3O. The fourth-order valence-corrected chi connectivity index (χ4v) is 1.97. The summed E-state index contributed by atoms with van der Waals surface area (Å²) in [5.41, 5.74) is 2.65. The van der Waals surface area contributed by atoms with E-state index in [1.807, 2.05) is 37.1 Å². The lowest BCUT2D eigenvalue weighted by molar-refractivity contribution is 0.101. The maximum Gasteiger partial charge on any atom is 0.224 e. The van der Waals surface area contributed by atoms with Crippen molar-refractivity contribution in [2.45, 2.75) is 13.8 Å². The first-order chi connectivity index (χ1) is 8.99. The van der Waals surface area contributed by atoms with Gasteiger partial charge < -0.3 is 4.90 Å². The molecule has 0 radical (unpaired) electrons. The Morgan fingerprint density at radius 2 is 2.05 bits per heavy atom. The number of aromatic nitrogens is 2. The summed E-state index contributed by atoms with van der Waals surface area (Å²) >= 11 is 5.79. The van der Waals surface area contributed by atoms with Crippen LogP contribution in [0.15, 0.2) is 30.5 Å². The lowest BCUT2D eigenvalue weighted by Crippen LogP contribution is -2.13. The van der Waals surface area contributed by atoms with E-state index in [0.29, 0.717) is 11.4 Å². The molecule has 19 heavy (non-hydrogen) atoms. The molecule has 0 aliphatic heterocycles. The van der Waals surface area contributed by atoms with Gasteiger partial charge in [-0.2, -0.15) is 0 Å². The number of benzene rings is 1. The minimum atomic E-state index is 0.0374. The second-order valence-corrected chi connectivity index (χ2v) is 4.64. The summed E-state index contributed by atoms with van der Waals surface area (Å²) < 4.78 is 0. The van der Waals surface area contributed by atoms with E-state index < -0.39 is 0 Å². The van der Waals surface area contributed by atoms with Crippen LogP contribution in [0.2, 0.25) is 5.28 Å². The molecule has 5 heteroatoms. The van der Waals surface area contributed by atoms with E-state index in [4.69, 9.17) is 11.6 Å². The zero-order chi connectivity index (χ0) is 14.0. The number of hydrogen-bond donors (Lipinski definition) is 0. The molecule has 0 aliphatic carbocycles. The van der Waals surface area contributed by atoms with Crippen molar-refractivity contribution in [1.29, 1.82) is 0 Å². The molecule has 1 heterocycles. The largest absolute Gasteiger partial charge is 0.329 e. The molecule has 0 saturated heterocycles. The molecule has 0 amide bonds. The van der Waals surface area contributed by atoms with Crippen LogP contribution in [-0.2, 0) is 0 Å². The van der Waals surface area contributed by atoms with Crippen molar-refractivity contribution >= 4 is 28.9 Å². The predicted molar refractivity (Wildman–Crippen MR) is 76.3 cm³/mol. The first-order valence-corrected chi connectivity index (χ1v) is 6.20. The van der Waals surface area contributed by atoms with Crippen LogP contribution < -0.4 is 4.90 Å². The maximum absolute atomic E-state index is 11.5. The average Bonchev–Trinajstić information content (AvgIpc) is 2.38. The van der Waals surface area contributed by atoms with Gasteiger partial charge in [-0.25, -0.2) is 9.97 Å². The highest BCUT2D eigenvalue weighted by Crippen LogP contribution is 2.26. The first-order valence-electron chi connectivity index (χ1n) is 5.83. The van der Waals surface area contributed by atoms with Crippen molar-refractivity contribution in [3.05, 3.63) is 46.9 Å². The summed E-state index contributed by atoms with van der Waals surface area (Å²) in [5, 5.41) is 0.199. The van der Waals surface area contributed by atoms with Crippen LogP contribution in [0.5, 0.6) is 0 Å². The smallest absolute Gasteiger partial charge is 0.224 e. The Bertz CT molecular complexity index is 628. The van der Waals surface area contributed by atoms with Gasteiger partial charge in [0.15, 0.2) is 5.78 Å². The zero-order valence-corrected chi connectivity index (χ0v) is 11.8. The Morgan fingerprint density at radius 3 is 2.68 bits per heavy atom. The second-order valence-electron chi connectivity index (χ2n) is 4.30. The molecule has 1 aromatic heterocycles. The minimum absolute atomic E-state index is 0.0374. The molecule has 0 N–H and O–H groups in total. The summed E-state index contributed by atoms with van der Waals surface area (Å²) in [7, 11) is 1.88. The van der Waals surface area contributed by atoms with Crippen molar-refractivity contribution in [1.82, 2.24) is 9.97 Å². The molecule has 0 fully saturated rings. The molecule has 4 nitrogen and oxygen atoms in total. The zero-order valence-electron chi connectivity index (χ0n) is 11.0. The fraction of sp³-hybridized carbons (Fsp3) is 0.214. The monoisotopic (exact) mass is 275 g/mol. The van der Waals surface area contributed by atoms with Gasteiger partial charge in [-0.1, -0.05) is 12.1 Å². The third-order valence-electron chi connectivity index (χ3n) is 2.93. The van der Waals surface area contributed by atoms with Crippen molar-refractivity contribution < 1.29 is 4.79 Å². The number of nitrogens with zero attached hydrogens (tertiary/aromatic N) is 3. The topological polar surface area (TPSA) is 46.1 Å². The van der Waals surface area contributed by atoms with Crippen molar-refractivity contribution in [3.63, 3.8) is 0 Å². The van der Waals surface area contributed by atoms with Crippen LogP contribution in [0.1, 0.15) is 22.8 Å². The summed E-state index contributed by atoms with van der Waals surface area (Å²) in [5.74, 6) is 0.721. The van der Waals surface area contributed by atoms with Crippen LogP contribution in [-0.4, -0.2) is 22.8 Å². The predicted octanol–water partition coefficient (Wildman–Crippen LogP) is 3.41. The Labute approximate surface area is 117 Å². The lowest BCUT2D eigenvalue weighted by Gasteiger charge is -2.21. The summed E-state index contributed by atoms with van der Waals surface area (Å²) in [6.07, 6.45) is 1.60. The van der Waals surface area contributed by atoms with E-state index in [0.717, 1.165) is 11.3 Å². The van der Waals surface area contributed by atoms with Gasteiger partial charge in [0.2, 0.25) is 5.28 Å². The number of Topliss-reactive ketones (excluding diaryl/α,β-unsaturated/α-hetero) is 1. The number of carbonyl (C=O) groups excluding carboxylic acids is 1. The van der Waals surface area contributed by atoms with Crippen molar-refractivity contribution in [2.75, 3.05) is 11.9 Å². The highest BCUT2D eigenvalue weighted by Gasteiger charge is 2.11. The molecule has 0 saturated carbocycles. The number of ketones is 1. The van der Waals surface area contributed by atoms with Crippen LogP contribution in [0.25, 0.3) is 0 Å². The fourth-order valence-electron chi connectivity index (χ4n) is 1.83. The van der Waals surface area contributed by atoms with Crippen LogP contribution in [0, 0.1) is 6.92 Å². The van der Waals surface area contributed by atoms with Crippen molar-refractivity contribution in [2.24, 2.45) is 0 Å². The Kier molecular flexibility index (Phi) is 3.81. The van der Waals surface area contributed by atoms with Crippen molar-refractivity contribution in [3.8, 4) is 0 Å². The minimum Gasteiger partial charge on any atom is -0.329 e. The van der Waals surface area contributed by atoms with Gasteiger partial charge in [-0.15, -0.1) is 0 Å². The van der Waals surface area contributed by atoms with Gasteiger partial charge in [-0.05, 0) is 43.1 Å². The first kappa shape index (κ1) is 13.5. The average molecular weight is 276 g/mol. The number of halogens is 1. The number of anilines is 2. The SMILES string of the molecule is CC(=O)c1ccc(C)c(N(C)c2ccnc(Cl)n2)c1. The molecule has 0 atom stereocenters. The highest BCUT2D eigenvalue weighted by molar-refractivity contribution is 6.28. The quantitative estimate of drug-likeness (QED) is 0.636. The Morgan fingerprint density at radius 1 is 1.32 bits per heavy atom. The van der Waals surface area contributed by atoms with Gasteiger partial charge in [0.25, 0.3) is 0 Å². The van der Waals surface area contributed by atoms with E-state index in [1.165, 1.54) is 0 Å². The van der Waals surface area contributed by atoms with Crippen LogP contribution >= 0.6 is 11.6 Å². The third kappa shape index (κ3) is 2.90. The van der Waals surface area contributed by atoms with Crippen LogP contribution in [0.3, 0.4) is 0 Å². The number of carbonyl (C=O) groups is 1.